The van der Waals surface area contributed by atoms with Gasteiger partial charge in [-0.25, -0.2) is 0 Å². The third kappa shape index (κ3) is 5.47. The van der Waals surface area contributed by atoms with Crippen LogP contribution in [0.3, 0.4) is 0 Å². The van der Waals surface area contributed by atoms with E-state index in [1.807, 2.05) is 12.1 Å². The molecule has 64 heavy (non-hydrogen) atoms. The number of nitrogens with zero attached hydrogens (tertiary/aromatic N) is 2. The second-order valence-corrected chi connectivity index (χ2v) is 17.7. The molecule has 0 saturated heterocycles. The summed E-state index contributed by atoms with van der Waals surface area (Å²) in [7, 11) is 0. The molecule has 0 spiro atoms. The Hall–Kier alpha value is -8.14. The lowest BCUT2D eigenvalue weighted by atomic mass is 9.82. The van der Waals surface area contributed by atoms with Crippen LogP contribution >= 0.6 is 0 Å². The predicted octanol–water partition coefficient (Wildman–Crippen LogP) is 16.9. The van der Waals surface area contributed by atoms with Crippen LogP contribution in [-0.4, -0.2) is 4.57 Å². The minimum Gasteiger partial charge on any atom is -0.456 e. The highest BCUT2D eigenvalue weighted by molar-refractivity contribution is 6.12. The number of rotatable bonds is 6. The quantitative estimate of drug-likeness (QED) is 0.167. The molecule has 2 aromatic heterocycles. The van der Waals surface area contributed by atoms with Crippen molar-refractivity contribution in [3.8, 4) is 39.1 Å². The molecule has 0 fully saturated rings. The van der Waals surface area contributed by atoms with Crippen LogP contribution in [0.1, 0.15) is 25.0 Å². The van der Waals surface area contributed by atoms with Gasteiger partial charge >= 0.3 is 0 Å². The summed E-state index contributed by atoms with van der Waals surface area (Å²) in [5.41, 5.74) is 18.7. The van der Waals surface area contributed by atoms with Gasteiger partial charge in [0.25, 0.3) is 0 Å². The second kappa shape index (κ2) is 13.9. The van der Waals surface area contributed by atoms with Gasteiger partial charge in [-0.3, -0.25) is 0 Å². The highest BCUT2D eigenvalue weighted by Gasteiger charge is 2.36. The summed E-state index contributed by atoms with van der Waals surface area (Å²) in [4.78, 5) is 2.46. The number of aromatic nitrogens is 1. The molecule has 13 rings (SSSR count). The van der Waals surface area contributed by atoms with Crippen LogP contribution in [0.25, 0.3) is 93.6 Å². The molecule has 3 nitrogen and oxygen atoms in total. The lowest BCUT2D eigenvalue weighted by Crippen LogP contribution is -2.16. The van der Waals surface area contributed by atoms with Crippen molar-refractivity contribution in [1.82, 2.24) is 4.57 Å². The lowest BCUT2D eigenvalue weighted by Gasteiger charge is -2.29. The largest absolute Gasteiger partial charge is 0.456 e. The van der Waals surface area contributed by atoms with Gasteiger partial charge in [0.05, 0.1) is 16.7 Å². The highest BCUT2D eigenvalue weighted by Crippen LogP contribution is 2.51. The molecule has 1 aliphatic rings. The van der Waals surface area contributed by atoms with Gasteiger partial charge in [-0.15, -0.1) is 0 Å². The van der Waals surface area contributed by atoms with Crippen LogP contribution < -0.4 is 4.90 Å². The molecule has 3 heteroatoms. The number of para-hydroxylation sites is 3. The molecular formula is C61H42N2O. The van der Waals surface area contributed by atoms with E-state index < -0.39 is 0 Å². The van der Waals surface area contributed by atoms with Gasteiger partial charge in [0.15, 0.2) is 0 Å². The first-order valence-corrected chi connectivity index (χ1v) is 22.2. The Morgan fingerprint density at radius 1 is 0.375 bits per heavy atom. The molecule has 10 aromatic carbocycles. The fourth-order valence-corrected chi connectivity index (χ4v) is 10.7. The minimum atomic E-state index is -0.137. The summed E-state index contributed by atoms with van der Waals surface area (Å²) in [6.07, 6.45) is 0. The van der Waals surface area contributed by atoms with Crippen LogP contribution in [0.2, 0.25) is 0 Å². The first-order valence-electron chi connectivity index (χ1n) is 22.2. The smallest absolute Gasteiger partial charge is 0.135 e. The van der Waals surface area contributed by atoms with E-state index in [2.05, 4.69) is 230 Å². The van der Waals surface area contributed by atoms with Crippen molar-refractivity contribution in [2.45, 2.75) is 19.3 Å². The SMILES string of the molecule is CC1(C)c2ccccc2-c2ccc(N(c3ccc(-c4ccc5c(c4)c4ccccc4n5-c4ccccc4)cc3)c3ccc(-c4ccc5oc6ccccc6c5c4)c4ccccc34)cc21. The minimum absolute atomic E-state index is 0.137. The summed E-state index contributed by atoms with van der Waals surface area (Å²) in [5, 5.41) is 7.15. The van der Waals surface area contributed by atoms with E-state index in [0.29, 0.717) is 0 Å². The van der Waals surface area contributed by atoms with Gasteiger partial charge in [-0.1, -0.05) is 153 Å². The molecular weight excluding hydrogens is 777 g/mol. The Morgan fingerprint density at radius 3 is 1.84 bits per heavy atom. The zero-order chi connectivity index (χ0) is 42.5. The first kappa shape index (κ1) is 36.5. The van der Waals surface area contributed by atoms with Gasteiger partial charge in [0, 0.05) is 49.4 Å². The molecule has 0 radical (unpaired) electrons. The van der Waals surface area contributed by atoms with E-state index in [1.165, 1.54) is 77.1 Å². The third-order valence-electron chi connectivity index (χ3n) is 13.8. The van der Waals surface area contributed by atoms with Crippen molar-refractivity contribution in [3.63, 3.8) is 0 Å². The van der Waals surface area contributed by atoms with Crippen LogP contribution in [0.15, 0.2) is 223 Å². The third-order valence-corrected chi connectivity index (χ3v) is 13.8. The van der Waals surface area contributed by atoms with Crippen LogP contribution in [0.4, 0.5) is 17.1 Å². The summed E-state index contributed by atoms with van der Waals surface area (Å²) in [6.45, 7) is 4.72. The van der Waals surface area contributed by atoms with E-state index in [9.17, 15) is 0 Å². The molecule has 0 unspecified atom stereocenters. The molecule has 0 aliphatic heterocycles. The summed E-state index contributed by atoms with van der Waals surface area (Å²) in [6, 6.07) is 79.8. The Labute approximate surface area is 371 Å². The summed E-state index contributed by atoms with van der Waals surface area (Å²) in [5.74, 6) is 0. The molecule has 302 valence electrons. The summed E-state index contributed by atoms with van der Waals surface area (Å²) >= 11 is 0. The first-order chi connectivity index (χ1) is 31.5. The molecule has 2 heterocycles. The number of anilines is 3. The van der Waals surface area contributed by atoms with Gasteiger partial charge < -0.3 is 13.9 Å². The summed E-state index contributed by atoms with van der Waals surface area (Å²) < 4.78 is 8.60. The topological polar surface area (TPSA) is 21.3 Å². The van der Waals surface area contributed by atoms with Crippen LogP contribution in [0, 0.1) is 0 Å². The maximum Gasteiger partial charge on any atom is 0.135 e. The van der Waals surface area contributed by atoms with Crippen molar-refractivity contribution >= 4 is 71.6 Å². The number of hydrogen-bond donors (Lipinski definition) is 0. The maximum absolute atomic E-state index is 6.23. The van der Waals surface area contributed by atoms with Crippen molar-refractivity contribution < 1.29 is 4.42 Å². The average molecular weight is 819 g/mol. The van der Waals surface area contributed by atoms with Crippen molar-refractivity contribution in [3.05, 3.63) is 230 Å². The maximum atomic E-state index is 6.23. The zero-order valence-electron chi connectivity index (χ0n) is 35.6. The number of fused-ring (bicyclic) bond motifs is 10. The number of hydrogen-bond acceptors (Lipinski definition) is 2. The van der Waals surface area contributed by atoms with E-state index in [-0.39, 0.29) is 5.41 Å². The van der Waals surface area contributed by atoms with Gasteiger partial charge in [-0.2, -0.15) is 0 Å². The van der Waals surface area contributed by atoms with Gasteiger partial charge in [-0.05, 0) is 129 Å². The molecule has 0 saturated carbocycles. The number of benzene rings is 10. The van der Waals surface area contributed by atoms with Crippen molar-refractivity contribution in [1.29, 1.82) is 0 Å². The van der Waals surface area contributed by atoms with Crippen LogP contribution in [0.5, 0.6) is 0 Å². The molecule has 0 N–H and O–H groups in total. The molecule has 0 atom stereocenters. The Morgan fingerprint density at radius 2 is 0.984 bits per heavy atom. The van der Waals surface area contributed by atoms with Crippen molar-refractivity contribution in [2.75, 3.05) is 4.90 Å². The highest BCUT2D eigenvalue weighted by atomic mass is 16.3. The normalized spacial score (nSPS) is 13.0. The van der Waals surface area contributed by atoms with E-state index in [4.69, 9.17) is 4.42 Å². The van der Waals surface area contributed by atoms with Crippen LogP contribution in [-0.2, 0) is 5.41 Å². The standard InChI is InChI=1S/C61H42N2O/c1-61(2)54-21-11-8-17-47(54)48-31-30-44(38-55(48)61)62(57-34-32-45(46-16-6-7-18-49(46)57)41-27-35-60-53(37-41)51-20-10-13-23-59(51)64-60)43-28-24-39(25-29-43)40-26-33-58-52(36-40)50-19-9-12-22-56(50)63(58)42-14-4-3-5-15-42/h3-38H,1-2H3. The van der Waals surface area contributed by atoms with Gasteiger partial charge in [0.2, 0.25) is 0 Å². The Kier molecular flexibility index (Phi) is 7.95. The average Bonchev–Trinajstić information content (AvgIpc) is 3.97. The number of furan rings is 1. The van der Waals surface area contributed by atoms with E-state index in [0.717, 1.165) is 44.7 Å². The molecule has 1 aliphatic carbocycles. The van der Waals surface area contributed by atoms with E-state index >= 15 is 0 Å². The molecule has 12 aromatic rings. The fraction of sp³-hybridized carbons (Fsp3) is 0.0492. The van der Waals surface area contributed by atoms with E-state index in [1.54, 1.807) is 0 Å². The second-order valence-electron chi connectivity index (χ2n) is 17.7. The fourth-order valence-electron chi connectivity index (χ4n) is 10.7. The Bertz CT molecular complexity index is 3810. The Balaban J connectivity index is 0.964. The van der Waals surface area contributed by atoms with Crippen molar-refractivity contribution in [2.24, 2.45) is 0 Å². The van der Waals surface area contributed by atoms with Gasteiger partial charge in [0.1, 0.15) is 11.2 Å². The zero-order valence-corrected chi connectivity index (χ0v) is 35.6. The predicted molar refractivity (Wildman–Crippen MR) is 269 cm³/mol. The molecule has 0 bridgehead atoms. The lowest BCUT2D eigenvalue weighted by molar-refractivity contribution is 0.660. The monoisotopic (exact) mass is 818 g/mol. The molecule has 0 amide bonds.